The van der Waals surface area contributed by atoms with Crippen LogP contribution in [0.4, 0.5) is 0 Å². The predicted molar refractivity (Wildman–Crippen MR) is 90.7 cm³/mol. The van der Waals surface area contributed by atoms with Gasteiger partial charge in [0.2, 0.25) is 0 Å². The van der Waals surface area contributed by atoms with E-state index in [9.17, 15) is 0 Å². The predicted octanol–water partition coefficient (Wildman–Crippen LogP) is 2.10. The molecule has 116 valence electrons. The maximum Gasteiger partial charge on any atom is 0.169 e. The third kappa shape index (κ3) is 5.17. The topological polar surface area (TPSA) is 27.7 Å². The van der Waals surface area contributed by atoms with Crippen molar-refractivity contribution in [2.45, 2.75) is 25.4 Å². The lowest BCUT2D eigenvalue weighted by Crippen LogP contribution is -2.42. The van der Waals surface area contributed by atoms with E-state index >= 15 is 0 Å². The number of hydrogen-bond donors (Lipinski definition) is 1. The van der Waals surface area contributed by atoms with Crippen LogP contribution in [0, 0.1) is 0 Å². The molecule has 1 N–H and O–H groups in total. The average molecular weight is 307 g/mol. The molecule has 2 rings (SSSR count). The van der Waals surface area contributed by atoms with Gasteiger partial charge in [0.15, 0.2) is 5.11 Å². The van der Waals surface area contributed by atoms with Crippen LogP contribution in [0.1, 0.15) is 18.4 Å². The molecule has 0 bridgehead atoms. The molecule has 0 aliphatic heterocycles. The number of benzene rings is 1. The molecule has 0 atom stereocenters. The summed E-state index contributed by atoms with van der Waals surface area (Å²) in [7, 11) is 5.83. The van der Waals surface area contributed by atoms with Gasteiger partial charge in [0, 0.05) is 25.7 Å². The molecular weight excluding hydrogens is 282 g/mol. The van der Waals surface area contributed by atoms with E-state index in [0.29, 0.717) is 6.04 Å². The highest BCUT2D eigenvalue weighted by Gasteiger charge is 2.30. The Kier molecular flexibility index (Phi) is 5.82. The van der Waals surface area contributed by atoms with Crippen LogP contribution in [-0.2, 0) is 6.54 Å². The zero-order chi connectivity index (χ0) is 15.2. The van der Waals surface area contributed by atoms with E-state index in [2.05, 4.69) is 41.3 Å². The first-order valence-electron chi connectivity index (χ1n) is 7.42. The number of ether oxygens (including phenoxy) is 1. The van der Waals surface area contributed by atoms with Gasteiger partial charge in [-0.25, -0.2) is 0 Å². The molecule has 1 aliphatic rings. The van der Waals surface area contributed by atoms with E-state index in [4.69, 9.17) is 17.0 Å². The number of rotatable bonds is 7. The van der Waals surface area contributed by atoms with Crippen molar-refractivity contribution >= 4 is 17.3 Å². The van der Waals surface area contributed by atoms with Gasteiger partial charge in [0.25, 0.3) is 0 Å². The number of methoxy groups -OCH3 is 1. The number of hydrogen-bond acceptors (Lipinski definition) is 3. The van der Waals surface area contributed by atoms with Gasteiger partial charge in [-0.1, -0.05) is 12.1 Å². The molecule has 1 saturated carbocycles. The van der Waals surface area contributed by atoms with Crippen LogP contribution < -0.4 is 10.1 Å². The average Bonchev–Trinajstić information content (AvgIpc) is 3.29. The van der Waals surface area contributed by atoms with Crippen LogP contribution in [0.2, 0.25) is 0 Å². The Hall–Kier alpha value is -1.33. The fourth-order valence-electron chi connectivity index (χ4n) is 2.17. The van der Waals surface area contributed by atoms with E-state index in [1.165, 1.54) is 18.4 Å². The van der Waals surface area contributed by atoms with Gasteiger partial charge in [-0.3, -0.25) is 0 Å². The summed E-state index contributed by atoms with van der Waals surface area (Å²) in [4.78, 5) is 4.47. The molecule has 1 aromatic carbocycles. The smallest absolute Gasteiger partial charge is 0.169 e. The quantitative estimate of drug-likeness (QED) is 0.779. The molecule has 1 aliphatic carbocycles. The first-order valence-corrected chi connectivity index (χ1v) is 7.83. The van der Waals surface area contributed by atoms with Gasteiger partial charge in [-0.05, 0) is 56.9 Å². The number of thiocarbonyl (C=S) groups is 1. The Balaban J connectivity index is 1.90. The summed E-state index contributed by atoms with van der Waals surface area (Å²) in [5, 5.41) is 4.24. The van der Waals surface area contributed by atoms with Crippen molar-refractivity contribution < 1.29 is 4.74 Å². The third-order valence-corrected chi connectivity index (χ3v) is 3.97. The van der Waals surface area contributed by atoms with Crippen molar-refractivity contribution in [3.63, 3.8) is 0 Å². The minimum Gasteiger partial charge on any atom is -0.497 e. The Morgan fingerprint density at radius 1 is 1.29 bits per heavy atom. The molecule has 1 aromatic rings. The molecule has 5 heteroatoms. The SMILES string of the molecule is COc1ccc(CN(C(=S)NCCN(C)C)C2CC2)cc1. The second-order valence-corrected chi connectivity index (χ2v) is 6.13. The fraction of sp³-hybridized carbons (Fsp3) is 0.562. The minimum absolute atomic E-state index is 0.603. The standard InChI is InChI=1S/C16H25N3OS/c1-18(2)11-10-17-16(21)19(14-6-7-14)12-13-4-8-15(20-3)9-5-13/h4-5,8-9,14H,6-7,10-12H2,1-3H3,(H,17,21). The van der Waals surface area contributed by atoms with Crippen LogP contribution in [-0.4, -0.2) is 55.2 Å². The van der Waals surface area contributed by atoms with Crippen LogP contribution in [0.25, 0.3) is 0 Å². The number of nitrogens with one attached hydrogen (secondary N) is 1. The molecule has 0 radical (unpaired) electrons. The molecule has 0 saturated heterocycles. The van der Waals surface area contributed by atoms with Crippen LogP contribution in [0.15, 0.2) is 24.3 Å². The highest BCUT2D eigenvalue weighted by Crippen LogP contribution is 2.28. The van der Waals surface area contributed by atoms with Crippen molar-refractivity contribution in [2.75, 3.05) is 34.3 Å². The van der Waals surface area contributed by atoms with E-state index < -0.39 is 0 Å². The maximum atomic E-state index is 5.56. The zero-order valence-electron chi connectivity index (χ0n) is 13.1. The molecule has 0 aromatic heterocycles. The summed E-state index contributed by atoms with van der Waals surface area (Å²) in [6.45, 7) is 2.74. The summed E-state index contributed by atoms with van der Waals surface area (Å²) >= 11 is 5.56. The number of likely N-dealkylation sites (N-methyl/N-ethyl adjacent to an activating group) is 1. The second-order valence-electron chi connectivity index (χ2n) is 5.74. The van der Waals surface area contributed by atoms with Gasteiger partial charge in [-0.15, -0.1) is 0 Å². The van der Waals surface area contributed by atoms with Gasteiger partial charge in [0.05, 0.1) is 7.11 Å². The van der Waals surface area contributed by atoms with Crippen LogP contribution in [0.5, 0.6) is 5.75 Å². The first-order chi connectivity index (χ1) is 10.1. The Labute approximate surface area is 133 Å². The van der Waals surface area contributed by atoms with Gasteiger partial charge >= 0.3 is 0 Å². The molecule has 0 spiro atoms. The van der Waals surface area contributed by atoms with Crippen molar-refractivity contribution in [1.82, 2.24) is 15.1 Å². The summed E-state index contributed by atoms with van der Waals surface area (Å²) in [5.74, 6) is 0.892. The molecule has 21 heavy (non-hydrogen) atoms. The Bertz CT molecular complexity index is 457. The van der Waals surface area contributed by atoms with Crippen molar-refractivity contribution in [2.24, 2.45) is 0 Å². The first kappa shape index (κ1) is 16.0. The van der Waals surface area contributed by atoms with E-state index in [1.54, 1.807) is 7.11 Å². The molecule has 1 fully saturated rings. The van der Waals surface area contributed by atoms with Gasteiger partial charge in [-0.2, -0.15) is 0 Å². The van der Waals surface area contributed by atoms with Gasteiger partial charge < -0.3 is 19.9 Å². The van der Waals surface area contributed by atoms with Crippen LogP contribution >= 0.6 is 12.2 Å². The van der Waals surface area contributed by atoms with Crippen molar-refractivity contribution in [3.8, 4) is 5.75 Å². The van der Waals surface area contributed by atoms with Crippen molar-refractivity contribution in [1.29, 1.82) is 0 Å². The highest BCUT2D eigenvalue weighted by atomic mass is 32.1. The molecule has 0 amide bonds. The van der Waals surface area contributed by atoms with Crippen LogP contribution in [0.3, 0.4) is 0 Å². The van der Waals surface area contributed by atoms with Gasteiger partial charge in [0.1, 0.15) is 5.75 Å². The minimum atomic E-state index is 0.603. The normalized spacial score (nSPS) is 14.1. The third-order valence-electron chi connectivity index (χ3n) is 3.60. The highest BCUT2D eigenvalue weighted by molar-refractivity contribution is 7.80. The summed E-state index contributed by atoms with van der Waals surface area (Å²) in [6.07, 6.45) is 2.48. The molecular formula is C16H25N3OS. The van der Waals surface area contributed by atoms with E-state index in [1.807, 2.05) is 12.1 Å². The Morgan fingerprint density at radius 3 is 2.48 bits per heavy atom. The zero-order valence-corrected chi connectivity index (χ0v) is 13.9. The van der Waals surface area contributed by atoms with E-state index in [-0.39, 0.29) is 0 Å². The summed E-state index contributed by atoms with van der Waals surface area (Å²) in [5.41, 5.74) is 1.26. The monoisotopic (exact) mass is 307 g/mol. The van der Waals surface area contributed by atoms with Crippen molar-refractivity contribution in [3.05, 3.63) is 29.8 Å². The molecule has 0 unspecified atom stereocenters. The molecule has 0 heterocycles. The molecule has 4 nitrogen and oxygen atoms in total. The fourth-order valence-corrected chi connectivity index (χ4v) is 2.48. The lowest BCUT2D eigenvalue weighted by Gasteiger charge is -2.26. The maximum absolute atomic E-state index is 5.56. The second kappa shape index (κ2) is 7.61. The Morgan fingerprint density at radius 2 is 1.95 bits per heavy atom. The summed E-state index contributed by atoms with van der Waals surface area (Å²) < 4.78 is 5.20. The number of nitrogens with zero attached hydrogens (tertiary/aromatic N) is 2. The lowest BCUT2D eigenvalue weighted by atomic mass is 10.2. The largest absolute Gasteiger partial charge is 0.497 e. The van der Waals surface area contributed by atoms with E-state index in [0.717, 1.165) is 30.5 Å². The summed E-state index contributed by atoms with van der Waals surface area (Å²) in [6, 6.07) is 8.82. The lowest BCUT2D eigenvalue weighted by molar-refractivity contribution is 0.380.